The van der Waals surface area contributed by atoms with Crippen molar-refractivity contribution >= 4 is 0 Å². The fourth-order valence-corrected chi connectivity index (χ4v) is 2.27. The summed E-state index contributed by atoms with van der Waals surface area (Å²) in [7, 11) is 1.67. The van der Waals surface area contributed by atoms with Crippen LogP contribution in [0.3, 0.4) is 0 Å². The Bertz CT molecular complexity index is 766. The van der Waals surface area contributed by atoms with E-state index in [-0.39, 0.29) is 0 Å². The lowest BCUT2D eigenvalue weighted by Gasteiger charge is -2.10. The van der Waals surface area contributed by atoms with E-state index in [4.69, 9.17) is 9.26 Å². The van der Waals surface area contributed by atoms with Gasteiger partial charge in [-0.25, -0.2) is 0 Å². The smallest absolute Gasteiger partial charge is 0.174 e. The molecular weight excluding hydrogens is 266 g/mol. The zero-order valence-electron chi connectivity index (χ0n) is 12.1. The van der Waals surface area contributed by atoms with Gasteiger partial charge in [-0.1, -0.05) is 5.16 Å². The minimum absolute atomic E-state index is 0.699. The Hall–Kier alpha value is -2.69. The molecule has 0 fully saturated rings. The lowest BCUT2D eigenvalue weighted by molar-refractivity contribution is 0.410. The van der Waals surface area contributed by atoms with Crippen LogP contribution in [0.2, 0.25) is 0 Å². The maximum absolute atomic E-state index is 5.45. The quantitative estimate of drug-likeness (QED) is 0.736. The number of benzene rings is 1. The van der Waals surface area contributed by atoms with Gasteiger partial charge >= 0.3 is 0 Å². The summed E-state index contributed by atoms with van der Waals surface area (Å²) in [5, 5.41) is 11.6. The topological polar surface area (TPSA) is 61.0 Å². The summed E-state index contributed by atoms with van der Waals surface area (Å²) in [6.07, 6.45) is 5.02. The van der Waals surface area contributed by atoms with Gasteiger partial charge in [0.15, 0.2) is 5.76 Å². The molecule has 2 aromatic heterocycles. The zero-order valence-corrected chi connectivity index (χ0v) is 12.1. The summed E-state index contributed by atoms with van der Waals surface area (Å²) in [6, 6.07) is 5.90. The minimum Gasteiger partial charge on any atom is -0.496 e. The molecule has 5 heteroatoms. The fraction of sp³-hybridized carbons (Fsp3) is 0.188. The predicted octanol–water partition coefficient (Wildman–Crippen LogP) is 3.42. The second-order valence-electron chi connectivity index (χ2n) is 4.82. The van der Waals surface area contributed by atoms with Crippen molar-refractivity contribution in [3.8, 4) is 28.2 Å². The van der Waals surface area contributed by atoms with Gasteiger partial charge < -0.3 is 9.26 Å². The van der Waals surface area contributed by atoms with Gasteiger partial charge in [-0.3, -0.25) is 0 Å². The highest BCUT2D eigenvalue weighted by molar-refractivity contribution is 5.79. The van der Waals surface area contributed by atoms with Crippen molar-refractivity contribution in [2.45, 2.75) is 13.8 Å². The van der Waals surface area contributed by atoms with E-state index in [9.17, 15) is 0 Å². The first kappa shape index (κ1) is 13.3. The normalized spacial score (nSPS) is 10.6. The molecule has 21 heavy (non-hydrogen) atoms. The van der Waals surface area contributed by atoms with E-state index in [2.05, 4.69) is 21.4 Å². The molecule has 0 bridgehead atoms. The van der Waals surface area contributed by atoms with Gasteiger partial charge in [-0.15, -0.1) is 0 Å². The number of nitrogens with zero attached hydrogens (tertiary/aromatic N) is 3. The average Bonchev–Trinajstić information content (AvgIpc) is 3.00. The highest BCUT2D eigenvalue weighted by Gasteiger charge is 2.15. The first-order valence-electron chi connectivity index (χ1n) is 6.58. The number of hydrogen-bond donors (Lipinski definition) is 0. The Kier molecular flexibility index (Phi) is 3.39. The van der Waals surface area contributed by atoms with Crippen LogP contribution in [0.25, 0.3) is 22.5 Å². The van der Waals surface area contributed by atoms with E-state index in [0.717, 1.165) is 33.6 Å². The van der Waals surface area contributed by atoms with E-state index < -0.39 is 0 Å². The molecule has 0 aliphatic heterocycles. The number of ether oxygens (including phenoxy) is 1. The molecule has 0 aliphatic carbocycles. The van der Waals surface area contributed by atoms with Crippen LogP contribution in [0.5, 0.6) is 5.75 Å². The van der Waals surface area contributed by atoms with E-state index in [1.807, 2.05) is 26.0 Å². The third-order valence-electron chi connectivity index (χ3n) is 3.57. The van der Waals surface area contributed by atoms with Crippen molar-refractivity contribution in [1.29, 1.82) is 0 Å². The third kappa shape index (κ3) is 2.38. The van der Waals surface area contributed by atoms with Crippen molar-refractivity contribution in [2.24, 2.45) is 0 Å². The molecule has 0 N–H and O–H groups in total. The van der Waals surface area contributed by atoms with Gasteiger partial charge in [0.25, 0.3) is 0 Å². The van der Waals surface area contributed by atoms with E-state index in [1.54, 1.807) is 25.7 Å². The molecule has 0 amide bonds. The standard InChI is InChI=1S/C16H15N3O2/c1-10-6-13(7-15(20-3)11(10)2)16-14(9-19-21-16)12-4-5-17-18-8-12/h4-9H,1-3H3. The SMILES string of the molecule is COc1cc(-c2oncc2-c2ccnnc2)cc(C)c1C. The molecule has 0 radical (unpaired) electrons. The minimum atomic E-state index is 0.699. The second-order valence-corrected chi connectivity index (χ2v) is 4.82. The summed E-state index contributed by atoms with van der Waals surface area (Å²) in [5.41, 5.74) is 4.99. The Morgan fingerprint density at radius 2 is 1.90 bits per heavy atom. The van der Waals surface area contributed by atoms with E-state index in [1.165, 1.54) is 0 Å². The molecule has 3 aromatic rings. The summed E-state index contributed by atoms with van der Waals surface area (Å²) < 4.78 is 10.9. The average molecular weight is 281 g/mol. The summed E-state index contributed by atoms with van der Waals surface area (Å²) in [4.78, 5) is 0. The maximum Gasteiger partial charge on any atom is 0.174 e. The predicted molar refractivity (Wildman–Crippen MR) is 79.0 cm³/mol. The highest BCUT2D eigenvalue weighted by Crippen LogP contribution is 2.35. The first-order valence-corrected chi connectivity index (χ1v) is 6.58. The third-order valence-corrected chi connectivity index (χ3v) is 3.57. The molecule has 3 rings (SSSR count). The Morgan fingerprint density at radius 3 is 2.62 bits per heavy atom. The summed E-state index contributed by atoms with van der Waals surface area (Å²) in [6.45, 7) is 4.08. The molecule has 5 nitrogen and oxygen atoms in total. The van der Waals surface area contributed by atoms with Crippen molar-refractivity contribution in [2.75, 3.05) is 7.11 Å². The van der Waals surface area contributed by atoms with Gasteiger partial charge in [-0.2, -0.15) is 10.2 Å². The van der Waals surface area contributed by atoms with E-state index in [0.29, 0.717) is 5.76 Å². The van der Waals surface area contributed by atoms with Crippen LogP contribution >= 0.6 is 0 Å². The van der Waals surface area contributed by atoms with Crippen LogP contribution in [0.4, 0.5) is 0 Å². The molecule has 0 spiro atoms. The first-order chi connectivity index (χ1) is 10.2. The number of aryl methyl sites for hydroxylation is 1. The fourth-order valence-electron chi connectivity index (χ4n) is 2.27. The molecule has 1 aromatic carbocycles. The molecule has 2 heterocycles. The Morgan fingerprint density at radius 1 is 1.05 bits per heavy atom. The summed E-state index contributed by atoms with van der Waals surface area (Å²) >= 11 is 0. The largest absolute Gasteiger partial charge is 0.496 e. The van der Waals surface area contributed by atoms with Crippen molar-refractivity contribution in [3.63, 3.8) is 0 Å². The summed E-state index contributed by atoms with van der Waals surface area (Å²) in [5.74, 6) is 1.53. The molecule has 0 saturated heterocycles. The Labute approximate surface area is 122 Å². The van der Waals surface area contributed by atoms with Gasteiger partial charge in [0.05, 0.1) is 31.3 Å². The van der Waals surface area contributed by atoms with Crippen LogP contribution in [0.15, 0.2) is 41.3 Å². The van der Waals surface area contributed by atoms with E-state index >= 15 is 0 Å². The number of rotatable bonds is 3. The van der Waals surface area contributed by atoms with Gasteiger partial charge in [0, 0.05) is 11.1 Å². The molecule has 0 aliphatic rings. The highest BCUT2D eigenvalue weighted by atomic mass is 16.5. The molecule has 106 valence electrons. The molecular formula is C16H15N3O2. The van der Waals surface area contributed by atoms with Crippen molar-refractivity contribution < 1.29 is 9.26 Å². The van der Waals surface area contributed by atoms with Gasteiger partial charge in [0.2, 0.25) is 0 Å². The molecule has 0 unspecified atom stereocenters. The second kappa shape index (κ2) is 5.36. The lowest BCUT2D eigenvalue weighted by atomic mass is 9.99. The number of hydrogen-bond acceptors (Lipinski definition) is 5. The lowest BCUT2D eigenvalue weighted by Crippen LogP contribution is -1.92. The van der Waals surface area contributed by atoms with Crippen LogP contribution in [-0.4, -0.2) is 22.5 Å². The van der Waals surface area contributed by atoms with Crippen molar-refractivity contribution in [1.82, 2.24) is 15.4 Å². The van der Waals surface area contributed by atoms with Crippen LogP contribution < -0.4 is 4.74 Å². The number of aromatic nitrogens is 3. The molecule has 0 saturated carbocycles. The zero-order chi connectivity index (χ0) is 14.8. The van der Waals surface area contributed by atoms with Crippen LogP contribution in [-0.2, 0) is 0 Å². The van der Waals surface area contributed by atoms with Gasteiger partial charge in [-0.05, 0) is 43.2 Å². The monoisotopic (exact) mass is 281 g/mol. The van der Waals surface area contributed by atoms with Gasteiger partial charge in [0.1, 0.15) is 5.75 Å². The van der Waals surface area contributed by atoms with Crippen LogP contribution in [0, 0.1) is 13.8 Å². The Balaban J connectivity index is 2.15. The number of methoxy groups -OCH3 is 1. The maximum atomic E-state index is 5.45. The van der Waals surface area contributed by atoms with Crippen molar-refractivity contribution in [3.05, 3.63) is 47.9 Å². The van der Waals surface area contributed by atoms with Crippen LogP contribution in [0.1, 0.15) is 11.1 Å². The molecule has 0 atom stereocenters.